The van der Waals surface area contributed by atoms with Crippen molar-refractivity contribution in [3.8, 4) is 11.5 Å². The molecule has 1 saturated carbocycles. The number of hydrogen-bond donors (Lipinski definition) is 1. The Kier molecular flexibility index (Phi) is 7.64. The molecule has 0 unspecified atom stereocenters. The highest BCUT2D eigenvalue weighted by Crippen LogP contribution is 2.38. The Hall–Kier alpha value is -1.95. The zero-order valence-corrected chi connectivity index (χ0v) is 18.4. The van der Waals surface area contributed by atoms with Crippen LogP contribution in [0, 0.1) is 5.92 Å². The van der Waals surface area contributed by atoms with Crippen molar-refractivity contribution in [3.05, 3.63) is 23.8 Å². The number of carbonyl (C=O) groups excluding carboxylic acids is 1. The number of likely N-dealkylation sites (tertiary alicyclic amines) is 1. The van der Waals surface area contributed by atoms with E-state index in [-0.39, 0.29) is 6.03 Å². The fraction of sp³-hybridized carbons (Fsp3) is 0.696. The highest BCUT2D eigenvalue weighted by atomic mass is 16.5. The molecular weight excluding hydrogens is 366 g/mol. The summed E-state index contributed by atoms with van der Waals surface area (Å²) in [6.45, 7) is 8.41. The van der Waals surface area contributed by atoms with Gasteiger partial charge in [-0.15, -0.1) is 0 Å². The minimum absolute atomic E-state index is 0.0415. The van der Waals surface area contributed by atoms with E-state index in [1.165, 1.54) is 18.4 Å². The van der Waals surface area contributed by atoms with E-state index in [2.05, 4.69) is 43.2 Å². The van der Waals surface area contributed by atoms with Crippen LogP contribution in [0.5, 0.6) is 11.5 Å². The van der Waals surface area contributed by atoms with Crippen LogP contribution >= 0.6 is 0 Å². The first-order chi connectivity index (χ1) is 14.0. The maximum Gasteiger partial charge on any atom is 0.317 e. The molecule has 0 radical (unpaired) electrons. The average molecular weight is 404 g/mol. The maximum absolute atomic E-state index is 12.6. The van der Waals surface area contributed by atoms with E-state index in [1.807, 2.05) is 11.0 Å². The third-order valence-electron chi connectivity index (χ3n) is 6.42. The third kappa shape index (κ3) is 5.56. The molecule has 1 aromatic carbocycles. The minimum atomic E-state index is 0.0415. The van der Waals surface area contributed by atoms with Gasteiger partial charge in [-0.3, -0.25) is 0 Å². The van der Waals surface area contributed by atoms with Crippen molar-refractivity contribution in [2.45, 2.75) is 51.6 Å². The number of likely N-dealkylation sites (N-methyl/N-ethyl adjacent to an activating group) is 1. The van der Waals surface area contributed by atoms with Crippen LogP contribution in [0.15, 0.2) is 18.2 Å². The van der Waals surface area contributed by atoms with Crippen molar-refractivity contribution < 1.29 is 14.3 Å². The Balaban J connectivity index is 1.63. The standard InChI is InChI=1S/C23H37N3O3/c1-5-25(3)13-12-24-23(27)26-15-17(2)20(16-26)18-10-11-21(28-4)22(14-18)29-19-8-6-7-9-19/h10-11,14,17,19-20H,5-9,12-13,15-16H2,1-4H3,(H,24,27)/t17-,20+/m0/s1. The largest absolute Gasteiger partial charge is 0.493 e. The third-order valence-corrected chi connectivity index (χ3v) is 6.42. The molecule has 0 bridgehead atoms. The second-order valence-corrected chi connectivity index (χ2v) is 8.55. The van der Waals surface area contributed by atoms with Gasteiger partial charge in [0.15, 0.2) is 11.5 Å². The van der Waals surface area contributed by atoms with Gasteiger partial charge in [-0.25, -0.2) is 4.79 Å². The number of benzene rings is 1. The van der Waals surface area contributed by atoms with Crippen LogP contribution in [-0.4, -0.2) is 68.8 Å². The maximum atomic E-state index is 12.6. The predicted octanol–water partition coefficient (Wildman–Crippen LogP) is 3.71. The van der Waals surface area contributed by atoms with Crippen molar-refractivity contribution >= 4 is 6.03 Å². The zero-order chi connectivity index (χ0) is 20.8. The smallest absolute Gasteiger partial charge is 0.317 e. The topological polar surface area (TPSA) is 54.0 Å². The lowest BCUT2D eigenvalue weighted by Gasteiger charge is -2.21. The van der Waals surface area contributed by atoms with E-state index < -0.39 is 0 Å². The van der Waals surface area contributed by atoms with Gasteiger partial charge in [-0.05, 0) is 62.9 Å². The lowest BCUT2D eigenvalue weighted by atomic mass is 9.90. The average Bonchev–Trinajstić information content (AvgIpc) is 3.37. The van der Waals surface area contributed by atoms with Crippen LogP contribution in [0.1, 0.15) is 51.0 Å². The number of hydrogen-bond acceptors (Lipinski definition) is 4. The Labute approximate surface area is 175 Å². The highest BCUT2D eigenvalue weighted by Gasteiger charge is 2.34. The molecular formula is C23H37N3O3. The van der Waals surface area contributed by atoms with Gasteiger partial charge in [0.25, 0.3) is 0 Å². The van der Waals surface area contributed by atoms with Gasteiger partial charge in [0, 0.05) is 32.1 Å². The van der Waals surface area contributed by atoms with Crippen LogP contribution in [0.3, 0.4) is 0 Å². The molecule has 1 aliphatic carbocycles. The van der Waals surface area contributed by atoms with Crippen LogP contribution < -0.4 is 14.8 Å². The van der Waals surface area contributed by atoms with Crippen molar-refractivity contribution in [3.63, 3.8) is 0 Å². The Morgan fingerprint density at radius 1 is 1.24 bits per heavy atom. The van der Waals surface area contributed by atoms with Crippen molar-refractivity contribution in [1.29, 1.82) is 0 Å². The molecule has 0 spiro atoms. The molecule has 1 heterocycles. The normalized spacial score (nSPS) is 22.3. The molecule has 162 valence electrons. The molecule has 2 aliphatic rings. The SMILES string of the molecule is CCN(C)CCNC(=O)N1C[C@H](C)[C@H](c2ccc(OC)c(OC3CCCC3)c2)C1. The molecule has 2 fully saturated rings. The molecule has 1 saturated heterocycles. The molecule has 2 atom stereocenters. The van der Waals surface area contributed by atoms with Crippen molar-refractivity contribution in [2.24, 2.45) is 5.92 Å². The molecule has 0 aromatic heterocycles. The molecule has 1 aliphatic heterocycles. The molecule has 3 rings (SSSR count). The summed E-state index contributed by atoms with van der Waals surface area (Å²) in [7, 11) is 3.76. The van der Waals surface area contributed by atoms with E-state index >= 15 is 0 Å². The van der Waals surface area contributed by atoms with Gasteiger partial charge < -0.3 is 24.6 Å². The second kappa shape index (κ2) is 10.2. The fourth-order valence-corrected chi connectivity index (χ4v) is 4.39. The predicted molar refractivity (Wildman–Crippen MR) is 116 cm³/mol. The Bertz CT molecular complexity index is 675. The number of nitrogens with zero attached hydrogens (tertiary/aromatic N) is 2. The van der Waals surface area contributed by atoms with Crippen LogP contribution in [0.25, 0.3) is 0 Å². The second-order valence-electron chi connectivity index (χ2n) is 8.55. The van der Waals surface area contributed by atoms with Gasteiger partial charge in [-0.1, -0.05) is 19.9 Å². The minimum Gasteiger partial charge on any atom is -0.493 e. The molecule has 6 heteroatoms. The number of urea groups is 1. The van der Waals surface area contributed by atoms with Crippen LogP contribution in [0.4, 0.5) is 4.79 Å². The number of carbonyl (C=O) groups is 1. The lowest BCUT2D eigenvalue weighted by molar-refractivity contribution is 0.200. The summed E-state index contributed by atoms with van der Waals surface area (Å²) >= 11 is 0. The van der Waals surface area contributed by atoms with Gasteiger partial charge in [0.1, 0.15) is 0 Å². The number of nitrogens with one attached hydrogen (secondary N) is 1. The summed E-state index contributed by atoms with van der Waals surface area (Å²) in [4.78, 5) is 16.7. The molecule has 2 amide bonds. The monoisotopic (exact) mass is 403 g/mol. The quantitative estimate of drug-likeness (QED) is 0.719. The van der Waals surface area contributed by atoms with Crippen LogP contribution in [0.2, 0.25) is 0 Å². The summed E-state index contributed by atoms with van der Waals surface area (Å²) in [6, 6.07) is 6.31. The summed E-state index contributed by atoms with van der Waals surface area (Å²) < 4.78 is 11.8. The molecule has 1 N–H and O–H groups in total. The number of ether oxygens (including phenoxy) is 2. The molecule has 1 aromatic rings. The number of amides is 2. The zero-order valence-electron chi connectivity index (χ0n) is 18.4. The summed E-state index contributed by atoms with van der Waals surface area (Å²) in [5.74, 6) is 2.36. The van der Waals surface area contributed by atoms with E-state index in [0.717, 1.165) is 50.5 Å². The van der Waals surface area contributed by atoms with E-state index in [1.54, 1.807) is 7.11 Å². The summed E-state index contributed by atoms with van der Waals surface area (Å²) in [5.41, 5.74) is 1.23. The molecule has 6 nitrogen and oxygen atoms in total. The van der Waals surface area contributed by atoms with Crippen molar-refractivity contribution in [1.82, 2.24) is 15.1 Å². The Morgan fingerprint density at radius 2 is 2.00 bits per heavy atom. The molecule has 29 heavy (non-hydrogen) atoms. The Morgan fingerprint density at radius 3 is 2.69 bits per heavy atom. The van der Waals surface area contributed by atoms with E-state index in [9.17, 15) is 4.79 Å². The lowest BCUT2D eigenvalue weighted by Crippen LogP contribution is -2.41. The summed E-state index contributed by atoms with van der Waals surface area (Å²) in [5, 5.41) is 3.06. The van der Waals surface area contributed by atoms with E-state index in [4.69, 9.17) is 9.47 Å². The number of rotatable bonds is 8. The fourth-order valence-electron chi connectivity index (χ4n) is 4.39. The van der Waals surface area contributed by atoms with Gasteiger partial charge in [-0.2, -0.15) is 0 Å². The number of methoxy groups -OCH3 is 1. The van der Waals surface area contributed by atoms with Crippen LogP contribution in [-0.2, 0) is 0 Å². The first kappa shape index (κ1) is 21.8. The van der Waals surface area contributed by atoms with Gasteiger partial charge in [0.2, 0.25) is 0 Å². The summed E-state index contributed by atoms with van der Waals surface area (Å²) in [6.07, 6.45) is 5.01. The van der Waals surface area contributed by atoms with E-state index in [0.29, 0.717) is 24.5 Å². The highest BCUT2D eigenvalue weighted by molar-refractivity contribution is 5.74. The van der Waals surface area contributed by atoms with Gasteiger partial charge >= 0.3 is 6.03 Å². The van der Waals surface area contributed by atoms with Gasteiger partial charge in [0.05, 0.1) is 13.2 Å². The van der Waals surface area contributed by atoms with Crippen molar-refractivity contribution in [2.75, 3.05) is 46.9 Å². The first-order valence-corrected chi connectivity index (χ1v) is 11.1. The first-order valence-electron chi connectivity index (χ1n) is 11.1.